The molecule has 1 aromatic heterocycles. The van der Waals surface area contributed by atoms with Crippen molar-refractivity contribution in [3.63, 3.8) is 0 Å². The molecule has 4 nitrogen and oxygen atoms in total. The van der Waals surface area contributed by atoms with E-state index < -0.39 is 0 Å². The lowest BCUT2D eigenvalue weighted by Crippen LogP contribution is -2.20. The molecule has 76 valence electrons. The summed E-state index contributed by atoms with van der Waals surface area (Å²) in [7, 11) is 1.92. The summed E-state index contributed by atoms with van der Waals surface area (Å²) in [6.07, 6.45) is 5.74. The fourth-order valence-corrected chi connectivity index (χ4v) is 3.19. The molecule has 4 heteroatoms. The third-order valence-corrected chi connectivity index (χ3v) is 3.93. The van der Waals surface area contributed by atoms with Crippen molar-refractivity contribution in [3.8, 4) is 0 Å². The zero-order valence-corrected chi connectivity index (χ0v) is 8.43. The molecular weight excluding hydrogens is 176 g/mol. The quantitative estimate of drug-likeness (QED) is 0.756. The predicted octanol–water partition coefficient (Wildman–Crippen LogP) is 0.861. The van der Waals surface area contributed by atoms with Gasteiger partial charge in [0.15, 0.2) is 0 Å². The average Bonchev–Trinajstić information content (AvgIpc) is 2.57. The highest BCUT2D eigenvalue weighted by Gasteiger charge is 2.56. The third-order valence-electron chi connectivity index (χ3n) is 3.93. The molecule has 2 aliphatic carbocycles. The Labute approximate surface area is 83.5 Å². The zero-order valence-electron chi connectivity index (χ0n) is 8.43. The van der Waals surface area contributed by atoms with Gasteiger partial charge in [-0.25, -0.2) is 4.98 Å². The molecular formula is C10H16N4. The van der Waals surface area contributed by atoms with Crippen LogP contribution in [0.2, 0.25) is 0 Å². The van der Waals surface area contributed by atoms with Gasteiger partial charge in [0.05, 0.1) is 6.04 Å². The van der Waals surface area contributed by atoms with Crippen molar-refractivity contribution in [2.24, 2.45) is 30.5 Å². The molecule has 0 aromatic carbocycles. The molecule has 0 spiro atoms. The lowest BCUT2D eigenvalue weighted by atomic mass is 10.0. The van der Waals surface area contributed by atoms with E-state index in [0.717, 1.165) is 17.7 Å². The summed E-state index contributed by atoms with van der Waals surface area (Å²) in [5, 5.41) is 4.07. The minimum absolute atomic E-state index is 0.109. The zero-order chi connectivity index (χ0) is 9.71. The van der Waals surface area contributed by atoms with Gasteiger partial charge in [0.1, 0.15) is 12.2 Å². The van der Waals surface area contributed by atoms with Crippen LogP contribution >= 0.6 is 0 Å². The Balaban J connectivity index is 1.78. The second-order valence-electron chi connectivity index (χ2n) is 4.60. The summed E-state index contributed by atoms with van der Waals surface area (Å²) in [4.78, 5) is 4.23. The first kappa shape index (κ1) is 8.41. The van der Waals surface area contributed by atoms with Crippen molar-refractivity contribution in [1.29, 1.82) is 0 Å². The molecule has 0 saturated heterocycles. The molecule has 0 bridgehead atoms. The molecule has 3 unspecified atom stereocenters. The first-order valence-electron chi connectivity index (χ1n) is 5.38. The Morgan fingerprint density at radius 3 is 2.79 bits per heavy atom. The summed E-state index contributed by atoms with van der Waals surface area (Å²) in [5.74, 6) is 3.42. The van der Waals surface area contributed by atoms with Crippen LogP contribution in [-0.2, 0) is 7.05 Å². The Morgan fingerprint density at radius 1 is 1.50 bits per heavy atom. The predicted molar refractivity (Wildman–Crippen MR) is 52.3 cm³/mol. The second-order valence-corrected chi connectivity index (χ2v) is 4.60. The van der Waals surface area contributed by atoms with Crippen LogP contribution in [0.25, 0.3) is 0 Å². The fraction of sp³-hybridized carbons (Fsp3) is 0.800. The Morgan fingerprint density at radius 2 is 2.21 bits per heavy atom. The minimum atomic E-state index is 0.109. The van der Waals surface area contributed by atoms with Crippen molar-refractivity contribution >= 4 is 0 Å². The summed E-state index contributed by atoms with van der Waals surface area (Å²) < 4.78 is 1.80. The number of hydrogen-bond acceptors (Lipinski definition) is 3. The SMILES string of the molecule is Cn1ncnc1C(N)C1C2CCCC21. The van der Waals surface area contributed by atoms with Gasteiger partial charge in [-0.2, -0.15) is 5.10 Å². The van der Waals surface area contributed by atoms with E-state index in [2.05, 4.69) is 10.1 Å². The van der Waals surface area contributed by atoms with Gasteiger partial charge in [0, 0.05) is 7.05 Å². The van der Waals surface area contributed by atoms with Crippen LogP contribution in [0.5, 0.6) is 0 Å². The third kappa shape index (κ3) is 1.03. The van der Waals surface area contributed by atoms with Crippen molar-refractivity contribution in [2.75, 3.05) is 0 Å². The van der Waals surface area contributed by atoms with Crippen molar-refractivity contribution in [3.05, 3.63) is 12.2 Å². The number of nitrogens with zero attached hydrogens (tertiary/aromatic N) is 3. The molecule has 0 amide bonds. The highest BCUT2D eigenvalue weighted by molar-refractivity contribution is 5.10. The van der Waals surface area contributed by atoms with Gasteiger partial charge in [-0.15, -0.1) is 0 Å². The van der Waals surface area contributed by atoms with E-state index in [4.69, 9.17) is 5.73 Å². The number of hydrogen-bond donors (Lipinski definition) is 1. The van der Waals surface area contributed by atoms with Crippen molar-refractivity contribution in [2.45, 2.75) is 25.3 Å². The van der Waals surface area contributed by atoms with E-state index in [0.29, 0.717) is 5.92 Å². The van der Waals surface area contributed by atoms with Gasteiger partial charge < -0.3 is 5.73 Å². The average molecular weight is 192 g/mol. The van der Waals surface area contributed by atoms with Gasteiger partial charge >= 0.3 is 0 Å². The monoisotopic (exact) mass is 192 g/mol. The summed E-state index contributed by atoms with van der Waals surface area (Å²) in [6.45, 7) is 0. The second kappa shape index (κ2) is 2.79. The number of nitrogens with two attached hydrogens (primary N) is 1. The van der Waals surface area contributed by atoms with E-state index in [1.165, 1.54) is 19.3 Å². The van der Waals surface area contributed by atoms with E-state index in [1.54, 1.807) is 11.0 Å². The van der Waals surface area contributed by atoms with E-state index in [9.17, 15) is 0 Å². The van der Waals surface area contributed by atoms with Crippen LogP contribution in [-0.4, -0.2) is 14.8 Å². The Hall–Kier alpha value is -0.900. The van der Waals surface area contributed by atoms with Gasteiger partial charge in [-0.3, -0.25) is 4.68 Å². The summed E-state index contributed by atoms with van der Waals surface area (Å²) in [6, 6.07) is 0.109. The Kier molecular flexibility index (Phi) is 1.68. The number of rotatable bonds is 2. The summed E-state index contributed by atoms with van der Waals surface area (Å²) in [5.41, 5.74) is 6.21. The molecule has 0 radical (unpaired) electrons. The highest BCUT2D eigenvalue weighted by Crippen LogP contribution is 2.61. The molecule has 3 rings (SSSR count). The molecule has 2 saturated carbocycles. The van der Waals surface area contributed by atoms with Crippen LogP contribution in [0.4, 0.5) is 0 Å². The van der Waals surface area contributed by atoms with Gasteiger partial charge in [0.2, 0.25) is 0 Å². The van der Waals surface area contributed by atoms with Crippen LogP contribution in [0, 0.1) is 17.8 Å². The topological polar surface area (TPSA) is 56.7 Å². The van der Waals surface area contributed by atoms with Gasteiger partial charge in [-0.05, 0) is 30.6 Å². The van der Waals surface area contributed by atoms with Crippen LogP contribution in [0.1, 0.15) is 31.1 Å². The molecule has 3 atom stereocenters. The van der Waals surface area contributed by atoms with E-state index in [-0.39, 0.29) is 6.04 Å². The van der Waals surface area contributed by atoms with Crippen LogP contribution < -0.4 is 5.73 Å². The smallest absolute Gasteiger partial charge is 0.143 e. The number of aryl methyl sites for hydroxylation is 1. The van der Waals surface area contributed by atoms with E-state index >= 15 is 0 Å². The first-order chi connectivity index (χ1) is 6.79. The minimum Gasteiger partial charge on any atom is -0.321 e. The lowest BCUT2D eigenvalue weighted by Gasteiger charge is -2.12. The lowest BCUT2D eigenvalue weighted by molar-refractivity contribution is 0.467. The molecule has 2 aliphatic rings. The maximum atomic E-state index is 6.21. The molecule has 1 heterocycles. The maximum Gasteiger partial charge on any atom is 0.143 e. The fourth-order valence-electron chi connectivity index (χ4n) is 3.19. The standard InChI is InChI=1S/C10H16N4/c1-14-10(12-5-13-14)9(11)8-6-3-2-4-7(6)8/h5-9H,2-4,11H2,1H3. The first-order valence-corrected chi connectivity index (χ1v) is 5.38. The van der Waals surface area contributed by atoms with Crippen LogP contribution in [0.15, 0.2) is 6.33 Å². The number of aromatic nitrogens is 3. The molecule has 2 N–H and O–H groups in total. The number of fused-ring (bicyclic) bond motifs is 1. The molecule has 0 aliphatic heterocycles. The van der Waals surface area contributed by atoms with Crippen molar-refractivity contribution in [1.82, 2.24) is 14.8 Å². The van der Waals surface area contributed by atoms with Crippen molar-refractivity contribution < 1.29 is 0 Å². The normalized spacial score (nSPS) is 36.9. The Bertz CT molecular complexity index is 336. The summed E-state index contributed by atoms with van der Waals surface area (Å²) >= 11 is 0. The van der Waals surface area contributed by atoms with E-state index in [1.807, 2.05) is 7.05 Å². The largest absolute Gasteiger partial charge is 0.321 e. The van der Waals surface area contributed by atoms with Gasteiger partial charge in [0.25, 0.3) is 0 Å². The maximum absolute atomic E-state index is 6.21. The van der Waals surface area contributed by atoms with Crippen LogP contribution in [0.3, 0.4) is 0 Å². The van der Waals surface area contributed by atoms with Gasteiger partial charge in [-0.1, -0.05) is 6.42 Å². The highest BCUT2D eigenvalue weighted by atomic mass is 15.3. The molecule has 1 aromatic rings. The molecule has 2 fully saturated rings. The molecule has 14 heavy (non-hydrogen) atoms.